The molecule has 0 saturated carbocycles. The minimum Gasteiger partial charge on any atom is -0.352 e. The summed E-state index contributed by atoms with van der Waals surface area (Å²) in [6.45, 7) is 2.60. The lowest BCUT2D eigenvalue weighted by Gasteiger charge is -2.03. The molecule has 2 aromatic rings. The number of nitrogens with two attached hydrogens (primary N) is 1. The Bertz CT molecular complexity index is 682. The normalized spacial score (nSPS) is 10.4. The minimum absolute atomic E-state index is 0.0729. The molecule has 1 heterocycles. The van der Waals surface area contributed by atoms with Gasteiger partial charge in [0.1, 0.15) is 0 Å². The third-order valence-corrected chi connectivity index (χ3v) is 4.30. The summed E-state index contributed by atoms with van der Waals surface area (Å²) in [5.74, 6) is -0.0729. The highest BCUT2D eigenvalue weighted by Gasteiger charge is 2.08. The molecular formula is C17H22N4O2S. The van der Waals surface area contributed by atoms with Crippen LogP contribution in [0.2, 0.25) is 0 Å². The van der Waals surface area contributed by atoms with Gasteiger partial charge >= 0.3 is 6.03 Å². The first-order chi connectivity index (χ1) is 11.6. The second-order valence-corrected chi connectivity index (χ2v) is 6.24. The number of rotatable bonds is 8. The van der Waals surface area contributed by atoms with Crippen LogP contribution in [0, 0.1) is 0 Å². The number of anilines is 1. The number of nitrogens with one attached hydrogen (secondary N) is 2. The number of carbonyl (C=O) groups is 2. The Morgan fingerprint density at radius 3 is 2.62 bits per heavy atom. The number of hydrogen-bond acceptors (Lipinski definition) is 4. The number of primary amides is 1. The van der Waals surface area contributed by atoms with E-state index in [2.05, 4.69) is 34.7 Å². The van der Waals surface area contributed by atoms with Crippen molar-refractivity contribution in [2.24, 2.45) is 5.73 Å². The predicted octanol–water partition coefficient (Wildman–Crippen LogP) is 3.15. The number of carbonyl (C=O) groups excluding carboxylic acids is 2. The van der Waals surface area contributed by atoms with Crippen LogP contribution in [0.4, 0.5) is 9.93 Å². The summed E-state index contributed by atoms with van der Waals surface area (Å²) in [6, 6.07) is 7.73. The van der Waals surface area contributed by atoms with E-state index in [0.717, 1.165) is 17.7 Å². The number of nitrogens with zero attached hydrogens (tertiary/aromatic N) is 1. The van der Waals surface area contributed by atoms with Crippen LogP contribution in [0.3, 0.4) is 0 Å². The van der Waals surface area contributed by atoms with Crippen molar-refractivity contribution in [2.75, 3.05) is 11.9 Å². The molecule has 0 saturated heterocycles. The van der Waals surface area contributed by atoms with Crippen molar-refractivity contribution in [1.29, 1.82) is 0 Å². The van der Waals surface area contributed by atoms with Crippen LogP contribution in [0.15, 0.2) is 29.6 Å². The third kappa shape index (κ3) is 5.66. The van der Waals surface area contributed by atoms with Gasteiger partial charge < -0.3 is 16.4 Å². The van der Waals surface area contributed by atoms with E-state index in [1.54, 1.807) is 0 Å². The highest BCUT2D eigenvalue weighted by atomic mass is 32.1. The van der Waals surface area contributed by atoms with Gasteiger partial charge in [0.2, 0.25) is 5.91 Å². The SMILES string of the molecule is CCc1ccc(-c2csc(NC(=O)CCCCNC(N)=O)n2)cc1. The van der Waals surface area contributed by atoms with Gasteiger partial charge in [0, 0.05) is 23.9 Å². The van der Waals surface area contributed by atoms with Crippen molar-refractivity contribution >= 4 is 28.4 Å². The minimum atomic E-state index is -0.540. The number of benzene rings is 1. The lowest BCUT2D eigenvalue weighted by atomic mass is 10.1. The first kappa shape index (κ1) is 17.9. The first-order valence-electron chi connectivity index (χ1n) is 7.96. The maximum atomic E-state index is 11.9. The number of aromatic nitrogens is 1. The molecule has 0 aliphatic heterocycles. The summed E-state index contributed by atoms with van der Waals surface area (Å²) in [4.78, 5) is 26.9. The smallest absolute Gasteiger partial charge is 0.312 e. The zero-order valence-corrected chi connectivity index (χ0v) is 14.5. The van der Waals surface area contributed by atoms with Gasteiger partial charge in [0.25, 0.3) is 0 Å². The predicted molar refractivity (Wildman–Crippen MR) is 97.0 cm³/mol. The molecule has 128 valence electrons. The van der Waals surface area contributed by atoms with Gasteiger partial charge in [-0.15, -0.1) is 11.3 Å². The molecule has 7 heteroatoms. The Labute approximate surface area is 145 Å². The highest BCUT2D eigenvalue weighted by Crippen LogP contribution is 2.25. The van der Waals surface area contributed by atoms with Gasteiger partial charge in [-0.1, -0.05) is 31.2 Å². The Hall–Kier alpha value is -2.41. The van der Waals surface area contributed by atoms with E-state index in [-0.39, 0.29) is 5.91 Å². The maximum Gasteiger partial charge on any atom is 0.312 e. The number of aryl methyl sites for hydroxylation is 1. The average Bonchev–Trinajstić information content (AvgIpc) is 3.02. The third-order valence-electron chi connectivity index (χ3n) is 3.54. The van der Waals surface area contributed by atoms with Crippen molar-refractivity contribution in [3.05, 3.63) is 35.2 Å². The molecule has 1 aromatic carbocycles. The highest BCUT2D eigenvalue weighted by molar-refractivity contribution is 7.14. The molecule has 6 nitrogen and oxygen atoms in total. The van der Waals surface area contributed by atoms with Crippen LogP contribution in [0.5, 0.6) is 0 Å². The lowest BCUT2D eigenvalue weighted by Crippen LogP contribution is -2.30. The summed E-state index contributed by atoms with van der Waals surface area (Å²) >= 11 is 1.41. The number of hydrogen-bond donors (Lipinski definition) is 3. The van der Waals surface area contributed by atoms with Crippen molar-refractivity contribution in [3.63, 3.8) is 0 Å². The Balaban J connectivity index is 1.80. The zero-order chi connectivity index (χ0) is 17.4. The van der Waals surface area contributed by atoms with Gasteiger partial charge in [0.05, 0.1) is 5.69 Å². The summed E-state index contributed by atoms with van der Waals surface area (Å²) in [5, 5.41) is 7.85. The quantitative estimate of drug-likeness (QED) is 0.641. The first-order valence-corrected chi connectivity index (χ1v) is 8.84. The molecule has 0 fully saturated rings. The molecule has 1 aromatic heterocycles. The average molecular weight is 346 g/mol. The molecule has 0 radical (unpaired) electrons. The molecule has 0 aliphatic rings. The molecule has 24 heavy (non-hydrogen) atoms. The second-order valence-electron chi connectivity index (χ2n) is 5.38. The van der Waals surface area contributed by atoms with Crippen LogP contribution in [-0.4, -0.2) is 23.5 Å². The summed E-state index contributed by atoms with van der Waals surface area (Å²) in [6.07, 6.45) is 2.79. The van der Waals surface area contributed by atoms with Gasteiger partial charge in [-0.25, -0.2) is 9.78 Å². The van der Waals surface area contributed by atoms with E-state index in [1.807, 2.05) is 17.5 Å². The summed E-state index contributed by atoms with van der Waals surface area (Å²) in [5.41, 5.74) is 8.16. The topological polar surface area (TPSA) is 97.1 Å². The van der Waals surface area contributed by atoms with E-state index in [9.17, 15) is 9.59 Å². The van der Waals surface area contributed by atoms with Gasteiger partial charge in [-0.05, 0) is 24.8 Å². The number of amides is 3. The fraction of sp³-hybridized carbons (Fsp3) is 0.353. The van der Waals surface area contributed by atoms with Crippen LogP contribution in [0.1, 0.15) is 31.7 Å². The summed E-state index contributed by atoms with van der Waals surface area (Å²) in [7, 11) is 0. The van der Waals surface area contributed by atoms with Crippen LogP contribution in [0.25, 0.3) is 11.3 Å². The molecule has 0 atom stereocenters. The molecule has 0 spiro atoms. The van der Waals surface area contributed by atoms with Crippen molar-refractivity contribution in [1.82, 2.24) is 10.3 Å². The number of urea groups is 1. The molecular weight excluding hydrogens is 324 g/mol. The molecule has 4 N–H and O–H groups in total. The van der Waals surface area contributed by atoms with E-state index >= 15 is 0 Å². The second kappa shape index (κ2) is 9.02. The molecule has 3 amide bonds. The van der Waals surface area contributed by atoms with Crippen LogP contribution in [-0.2, 0) is 11.2 Å². The monoisotopic (exact) mass is 346 g/mol. The van der Waals surface area contributed by atoms with Gasteiger partial charge in [0.15, 0.2) is 5.13 Å². The van der Waals surface area contributed by atoms with Crippen molar-refractivity contribution in [2.45, 2.75) is 32.6 Å². The van der Waals surface area contributed by atoms with Gasteiger partial charge in [-0.3, -0.25) is 4.79 Å². The Morgan fingerprint density at radius 1 is 1.21 bits per heavy atom. The molecule has 2 rings (SSSR count). The van der Waals surface area contributed by atoms with E-state index in [1.165, 1.54) is 16.9 Å². The summed E-state index contributed by atoms with van der Waals surface area (Å²) < 4.78 is 0. The molecule has 0 aliphatic carbocycles. The fourth-order valence-electron chi connectivity index (χ4n) is 2.18. The van der Waals surface area contributed by atoms with Crippen LogP contribution >= 0.6 is 11.3 Å². The lowest BCUT2D eigenvalue weighted by molar-refractivity contribution is -0.116. The standard InChI is InChI=1S/C17H22N4O2S/c1-2-12-6-8-13(9-7-12)14-11-24-17(20-14)21-15(22)5-3-4-10-19-16(18)23/h6-9,11H,2-5,10H2,1H3,(H3,18,19,23)(H,20,21,22). The van der Waals surface area contributed by atoms with Crippen molar-refractivity contribution < 1.29 is 9.59 Å². The molecule has 0 unspecified atom stereocenters. The number of thiazole rings is 1. The number of unbranched alkanes of at least 4 members (excludes halogenated alkanes) is 1. The van der Waals surface area contributed by atoms with Crippen molar-refractivity contribution in [3.8, 4) is 11.3 Å². The van der Waals surface area contributed by atoms with E-state index in [4.69, 9.17) is 5.73 Å². The van der Waals surface area contributed by atoms with E-state index < -0.39 is 6.03 Å². The van der Waals surface area contributed by atoms with E-state index in [0.29, 0.717) is 30.9 Å². The fourth-order valence-corrected chi connectivity index (χ4v) is 2.91. The molecule has 0 bridgehead atoms. The zero-order valence-electron chi connectivity index (χ0n) is 13.7. The Morgan fingerprint density at radius 2 is 1.96 bits per heavy atom. The van der Waals surface area contributed by atoms with Gasteiger partial charge in [-0.2, -0.15) is 0 Å². The largest absolute Gasteiger partial charge is 0.352 e. The maximum absolute atomic E-state index is 11.9. The Kier molecular flexibility index (Phi) is 6.74. The van der Waals surface area contributed by atoms with Crippen LogP contribution < -0.4 is 16.4 Å².